The van der Waals surface area contributed by atoms with Gasteiger partial charge in [0.15, 0.2) is 4.77 Å². The lowest BCUT2D eigenvalue weighted by atomic mass is 10.2. The van der Waals surface area contributed by atoms with Gasteiger partial charge >= 0.3 is 5.97 Å². The molecule has 0 bridgehead atoms. The topological polar surface area (TPSA) is 64.1 Å². The molecule has 0 aliphatic carbocycles. The fourth-order valence-corrected chi connectivity index (χ4v) is 1.90. The average molecular weight is 296 g/mol. The first-order chi connectivity index (χ1) is 9.50. The molecular formula is C14H20N2O3S. The molecule has 1 aromatic rings. The summed E-state index contributed by atoms with van der Waals surface area (Å²) >= 11 is 5.05. The van der Waals surface area contributed by atoms with Crippen molar-refractivity contribution in [2.75, 3.05) is 6.61 Å². The molecule has 0 spiro atoms. The minimum atomic E-state index is -0.329. The van der Waals surface area contributed by atoms with Crippen LogP contribution in [0.1, 0.15) is 32.6 Å². The smallest absolute Gasteiger partial charge is 0.333 e. The van der Waals surface area contributed by atoms with Crippen molar-refractivity contribution in [2.45, 2.75) is 39.2 Å². The standard InChI is InChI=1S/C14H20N2O3S/c1-11(2)13(18)19-10-6-4-3-5-8-16-9-7-12(17)15-14(16)20/h7,9H,1,3-6,8,10H2,2H3,(H,15,17,20). The number of hydrogen-bond acceptors (Lipinski definition) is 4. The summed E-state index contributed by atoms with van der Waals surface area (Å²) in [6, 6.07) is 1.47. The van der Waals surface area contributed by atoms with Crippen molar-refractivity contribution in [2.24, 2.45) is 0 Å². The Kier molecular flexibility index (Phi) is 6.93. The predicted molar refractivity (Wildman–Crippen MR) is 80.1 cm³/mol. The Morgan fingerprint density at radius 2 is 2.10 bits per heavy atom. The molecule has 0 saturated carbocycles. The Labute approximate surface area is 123 Å². The highest BCUT2D eigenvalue weighted by molar-refractivity contribution is 7.71. The van der Waals surface area contributed by atoms with Crippen LogP contribution in [-0.4, -0.2) is 22.1 Å². The highest BCUT2D eigenvalue weighted by Gasteiger charge is 2.01. The first kappa shape index (κ1) is 16.4. The van der Waals surface area contributed by atoms with Crippen molar-refractivity contribution in [3.63, 3.8) is 0 Å². The van der Waals surface area contributed by atoms with Crippen LogP contribution in [0.4, 0.5) is 0 Å². The summed E-state index contributed by atoms with van der Waals surface area (Å²) in [4.78, 5) is 24.7. The third kappa shape index (κ3) is 5.97. The molecule has 1 rings (SSSR count). The summed E-state index contributed by atoms with van der Waals surface area (Å²) in [5, 5.41) is 0. The van der Waals surface area contributed by atoms with Crippen LogP contribution in [0.3, 0.4) is 0 Å². The van der Waals surface area contributed by atoms with Crippen molar-refractivity contribution in [1.82, 2.24) is 9.55 Å². The molecule has 0 amide bonds. The van der Waals surface area contributed by atoms with Gasteiger partial charge in [0.05, 0.1) is 6.61 Å². The average Bonchev–Trinajstić information content (AvgIpc) is 2.39. The molecule has 0 fully saturated rings. The predicted octanol–water partition coefficient (Wildman–Crippen LogP) is 2.59. The van der Waals surface area contributed by atoms with E-state index in [1.807, 2.05) is 4.57 Å². The number of ether oxygens (including phenoxy) is 1. The Hall–Kier alpha value is -1.69. The molecule has 5 nitrogen and oxygen atoms in total. The molecule has 110 valence electrons. The third-order valence-corrected chi connectivity index (χ3v) is 3.11. The number of aromatic amines is 1. The van der Waals surface area contributed by atoms with Gasteiger partial charge in [-0.3, -0.25) is 9.78 Å². The lowest BCUT2D eigenvalue weighted by Crippen LogP contribution is -2.11. The molecule has 0 saturated heterocycles. The first-order valence-corrected chi connectivity index (χ1v) is 7.04. The number of rotatable bonds is 8. The minimum absolute atomic E-state index is 0.175. The number of hydrogen-bond donors (Lipinski definition) is 1. The van der Waals surface area contributed by atoms with Crippen molar-refractivity contribution in [3.05, 3.63) is 39.5 Å². The molecule has 0 aromatic carbocycles. The van der Waals surface area contributed by atoms with Crippen LogP contribution in [0.5, 0.6) is 0 Å². The second-order valence-electron chi connectivity index (χ2n) is 4.63. The molecule has 0 aliphatic rings. The molecule has 0 unspecified atom stereocenters. The molecule has 0 aliphatic heterocycles. The van der Waals surface area contributed by atoms with Crippen LogP contribution in [0.2, 0.25) is 0 Å². The molecular weight excluding hydrogens is 276 g/mol. The number of nitrogens with zero attached hydrogens (tertiary/aromatic N) is 1. The highest BCUT2D eigenvalue weighted by atomic mass is 32.1. The SMILES string of the molecule is C=C(C)C(=O)OCCCCCCn1ccc(=O)[nH]c1=S. The highest BCUT2D eigenvalue weighted by Crippen LogP contribution is 2.03. The zero-order valence-corrected chi connectivity index (χ0v) is 12.5. The van der Waals surface area contributed by atoms with E-state index in [4.69, 9.17) is 17.0 Å². The second kappa shape index (κ2) is 8.47. The van der Waals surface area contributed by atoms with Gasteiger partial charge in [-0.05, 0) is 38.4 Å². The largest absolute Gasteiger partial charge is 0.462 e. The fourth-order valence-electron chi connectivity index (χ4n) is 1.65. The van der Waals surface area contributed by atoms with Crippen molar-refractivity contribution >= 4 is 18.2 Å². The van der Waals surface area contributed by atoms with Gasteiger partial charge in [0, 0.05) is 24.4 Å². The maximum atomic E-state index is 11.1. The van der Waals surface area contributed by atoms with E-state index in [-0.39, 0.29) is 11.5 Å². The van der Waals surface area contributed by atoms with Gasteiger partial charge in [-0.15, -0.1) is 0 Å². The van der Waals surface area contributed by atoms with Crippen LogP contribution < -0.4 is 5.56 Å². The lowest BCUT2D eigenvalue weighted by molar-refractivity contribution is -0.139. The van der Waals surface area contributed by atoms with Gasteiger partial charge in [-0.25, -0.2) is 4.79 Å². The van der Waals surface area contributed by atoms with Gasteiger partial charge in [-0.2, -0.15) is 0 Å². The van der Waals surface area contributed by atoms with Crippen LogP contribution in [0, 0.1) is 4.77 Å². The van der Waals surface area contributed by atoms with Crippen molar-refractivity contribution < 1.29 is 9.53 Å². The fraction of sp³-hybridized carbons (Fsp3) is 0.500. The van der Waals surface area contributed by atoms with E-state index in [1.54, 1.807) is 13.1 Å². The molecule has 6 heteroatoms. The monoisotopic (exact) mass is 296 g/mol. The zero-order chi connectivity index (χ0) is 15.0. The van der Waals surface area contributed by atoms with E-state index in [9.17, 15) is 9.59 Å². The number of carbonyl (C=O) groups excluding carboxylic acids is 1. The number of carbonyl (C=O) groups is 1. The maximum Gasteiger partial charge on any atom is 0.333 e. The Morgan fingerprint density at radius 3 is 2.75 bits per heavy atom. The number of aromatic nitrogens is 2. The molecule has 20 heavy (non-hydrogen) atoms. The van der Waals surface area contributed by atoms with Crippen LogP contribution >= 0.6 is 12.2 Å². The summed E-state index contributed by atoms with van der Waals surface area (Å²) in [6.45, 7) is 6.37. The number of esters is 1. The second-order valence-corrected chi connectivity index (χ2v) is 5.02. The van der Waals surface area contributed by atoms with E-state index < -0.39 is 0 Å². The summed E-state index contributed by atoms with van der Waals surface area (Å²) in [5.74, 6) is -0.329. The number of aryl methyl sites for hydroxylation is 1. The van der Waals surface area contributed by atoms with Gasteiger partial charge in [-0.1, -0.05) is 13.0 Å². The zero-order valence-electron chi connectivity index (χ0n) is 11.7. The normalized spacial score (nSPS) is 10.2. The van der Waals surface area contributed by atoms with Crippen LogP contribution in [0.25, 0.3) is 0 Å². The lowest BCUT2D eigenvalue weighted by Gasteiger charge is -2.06. The number of H-pyrrole nitrogens is 1. The van der Waals surface area contributed by atoms with Crippen molar-refractivity contribution in [3.8, 4) is 0 Å². The van der Waals surface area contributed by atoms with Gasteiger partial charge in [0.25, 0.3) is 5.56 Å². The summed E-state index contributed by atoms with van der Waals surface area (Å²) in [7, 11) is 0. The van der Waals surface area contributed by atoms with Gasteiger partial charge in [0.1, 0.15) is 0 Å². The van der Waals surface area contributed by atoms with E-state index in [0.717, 1.165) is 32.2 Å². The quantitative estimate of drug-likeness (QED) is 0.346. The molecule has 0 atom stereocenters. The Morgan fingerprint density at radius 1 is 1.40 bits per heavy atom. The Balaban J connectivity index is 2.13. The van der Waals surface area contributed by atoms with Crippen molar-refractivity contribution in [1.29, 1.82) is 0 Å². The Bertz CT molecular complexity index is 574. The van der Waals surface area contributed by atoms with E-state index in [1.165, 1.54) is 6.07 Å². The van der Waals surface area contributed by atoms with Gasteiger partial charge in [0.2, 0.25) is 0 Å². The maximum absolute atomic E-state index is 11.1. The van der Waals surface area contributed by atoms with Gasteiger partial charge < -0.3 is 9.30 Å². The summed E-state index contributed by atoms with van der Waals surface area (Å²) in [6.07, 6.45) is 5.52. The first-order valence-electron chi connectivity index (χ1n) is 6.63. The summed E-state index contributed by atoms with van der Waals surface area (Å²) < 4.78 is 7.30. The molecule has 1 heterocycles. The molecule has 0 radical (unpaired) electrons. The summed E-state index contributed by atoms with van der Waals surface area (Å²) in [5.41, 5.74) is 0.253. The van der Waals surface area contributed by atoms with E-state index in [0.29, 0.717) is 17.0 Å². The third-order valence-electron chi connectivity index (χ3n) is 2.77. The molecule has 1 aromatic heterocycles. The van der Waals surface area contributed by atoms with E-state index in [2.05, 4.69) is 11.6 Å². The minimum Gasteiger partial charge on any atom is -0.462 e. The van der Waals surface area contributed by atoms with Crippen LogP contribution in [-0.2, 0) is 16.1 Å². The number of nitrogens with one attached hydrogen (secondary N) is 1. The van der Waals surface area contributed by atoms with E-state index >= 15 is 0 Å². The number of unbranched alkanes of at least 4 members (excludes halogenated alkanes) is 3. The van der Waals surface area contributed by atoms with Crippen LogP contribution in [0.15, 0.2) is 29.2 Å². The molecule has 1 N–H and O–H groups in total.